The fourth-order valence-electron chi connectivity index (χ4n) is 4.05. The van der Waals surface area contributed by atoms with Crippen molar-refractivity contribution in [2.24, 2.45) is 0 Å². The predicted molar refractivity (Wildman–Crippen MR) is 148 cm³/mol. The summed E-state index contributed by atoms with van der Waals surface area (Å²) in [5.41, 5.74) is 2.20. The van der Waals surface area contributed by atoms with E-state index >= 15 is 0 Å². The first-order valence-corrected chi connectivity index (χ1v) is 14.9. The van der Waals surface area contributed by atoms with Crippen molar-refractivity contribution in [3.63, 3.8) is 0 Å². The number of thiophene rings is 1. The number of hydrogen-bond acceptors (Lipinski definition) is 10. The van der Waals surface area contributed by atoms with Gasteiger partial charge in [-0.25, -0.2) is 13.2 Å². The molecule has 40 heavy (non-hydrogen) atoms. The molecule has 0 bridgehead atoms. The smallest absolute Gasteiger partial charge is 0.341 e. The molecule has 1 aliphatic rings. The number of aromatic nitrogens is 3. The van der Waals surface area contributed by atoms with Crippen molar-refractivity contribution in [3.05, 3.63) is 58.4 Å². The molecule has 0 spiro atoms. The number of amides is 1. The highest BCUT2D eigenvalue weighted by molar-refractivity contribution is 7.89. The fraction of sp³-hybridized carbons (Fsp3) is 0.280. The maximum Gasteiger partial charge on any atom is 0.341 e. The van der Waals surface area contributed by atoms with Crippen molar-refractivity contribution in [3.8, 4) is 11.1 Å². The number of carbonyl (C=O) groups excluding carboxylic acids is 2. The Hall–Kier alpha value is -3.56. The Morgan fingerprint density at radius 1 is 1.15 bits per heavy atom. The maximum absolute atomic E-state index is 13.1. The number of hydrogen-bond donors (Lipinski definition) is 1. The highest BCUT2D eigenvalue weighted by atomic mass is 35.5. The highest BCUT2D eigenvalue weighted by Crippen LogP contribution is 2.36. The van der Waals surface area contributed by atoms with Gasteiger partial charge >= 0.3 is 5.97 Å². The first-order chi connectivity index (χ1) is 19.3. The summed E-state index contributed by atoms with van der Waals surface area (Å²) in [5.74, 6) is -1.16. The molecule has 1 fully saturated rings. The topological polar surface area (TPSA) is 142 Å². The van der Waals surface area contributed by atoms with E-state index in [0.29, 0.717) is 34.3 Å². The van der Waals surface area contributed by atoms with Gasteiger partial charge in [0.05, 0.1) is 24.7 Å². The zero-order valence-corrected chi connectivity index (χ0v) is 23.6. The number of benzene rings is 2. The molecule has 1 saturated heterocycles. The van der Waals surface area contributed by atoms with Crippen molar-refractivity contribution in [1.82, 2.24) is 19.5 Å². The van der Waals surface area contributed by atoms with Crippen LogP contribution in [0.4, 0.5) is 5.00 Å². The molecule has 4 aromatic rings. The monoisotopic (exact) mass is 605 g/mol. The van der Waals surface area contributed by atoms with E-state index < -0.39 is 28.5 Å². The van der Waals surface area contributed by atoms with Crippen LogP contribution < -0.4 is 10.2 Å². The minimum Gasteiger partial charge on any atom is -0.462 e. The molecule has 5 rings (SSSR count). The lowest BCUT2D eigenvalue weighted by Gasteiger charge is -2.26. The van der Waals surface area contributed by atoms with E-state index in [9.17, 15) is 18.0 Å². The van der Waals surface area contributed by atoms with E-state index in [2.05, 4.69) is 15.6 Å². The normalized spacial score (nSPS) is 14.2. The van der Waals surface area contributed by atoms with Crippen molar-refractivity contribution in [2.75, 3.05) is 44.8 Å². The van der Waals surface area contributed by atoms with E-state index in [-0.39, 0.29) is 35.7 Å². The van der Waals surface area contributed by atoms with Gasteiger partial charge in [-0.1, -0.05) is 28.6 Å². The van der Waals surface area contributed by atoms with Crippen LogP contribution in [0.3, 0.4) is 0 Å². The molecule has 0 unspecified atom stereocenters. The fourth-order valence-corrected chi connectivity index (χ4v) is 6.58. The first-order valence-electron chi connectivity index (χ1n) is 12.2. The number of anilines is 1. The number of morpholine rings is 1. The molecule has 0 saturated carbocycles. The Morgan fingerprint density at radius 3 is 2.62 bits per heavy atom. The molecule has 210 valence electrons. The summed E-state index contributed by atoms with van der Waals surface area (Å²) in [6.45, 7) is 2.52. The van der Waals surface area contributed by atoms with Gasteiger partial charge in [0.1, 0.15) is 21.6 Å². The largest absolute Gasteiger partial charge is 0.462 e. The van der Waals surface area contributed by atoms with Crippen LogP contribution in [0.15, 0.2) is 52.7 Å². The third-order valence-electron chi connectivity index (χ3n) is 5.99. The van der Waals surface area contributed by atoms with Gasteiger partial charge < -0.3 is 19.6 Å². The molecule has 1 aliphatic heterocycles. The summed E-state index contributed by atoms with van der Waals surface area (Å²) in [7, 11) is -3.76. The second-order valence-electron chi connectivity index (χ2n) is 8.53. The van der Waals surface area contributed by atoms with Gasteiger partial charge in [-0.15, -0.1) is 16.4 Å². The van der Waals surface area contributed by atoms with Crippen LogP contribution in [-0.4, -0.2) is 79.3 Å². The van der Waals surface area contributed by atoms with E-state index in [0.717, 1.165) is 10.4 Å². The van der Waals surface area contributed by atoms with Gasteiger partial charge in [-0.05, 0) is 48.0 Å². The number of fused-ring (bicyclic) bond motifs is 1. The van der Waals surface area contributed by atoms with Gasteiger partial charge in [0, 0.05) is 29.1 Å². The molecule has 0 aliphatic carbocycles. The number of nitrogens with one attached hydrogen (secondary N) is 1. The van der Waals surface area contributed by atoms with Crippen LogP contribution in [0.5, 0.6) is 0 Å². The second kappa shape index (κ2) is 11.9. The molecule has 0 atom stereocenters. The zero-order chi connectivity index (χ0) is 28.3. The molecular weight excluding hydrogens is 582 g/mol. The van der Waals surface area contributed by atoms with Crippen LogP contribution in [0.1, 0.15) is 17.3 Å². The van der Waals surface area contributed by atoms with E-state index in [1.807, 2.05) is 0 Å². The molecule has 0 radical (unpaired) electrons. The Balaban J connectivity index is 1.33. The van der Waals surface area contributed by atoms with Crippen molar-refractivity contribution < 1.29 is 32.3 Å². The number of carbonyl (C=O) groups is 2. The van der Waals surface area contributed by atoms with Crippen LogP contribution in [-0.2, 0) is 24.3 Å². The maximum atomic E-state index is 13.1. The SMILES string of the molecule is CCOC(=O)c1c(-c2ccc(Cl)cc2)csc1NC(=O)COn1nnc2ccc(S(=O)(=O)N3CCOCC3)cc21. The Morgan fingerprint density at radius 2 is 1.90 bits per heavy atom. The molecule has 12 nitrogen and oxygen atoms in total. The Kier molecular flexibility index (Phi) is 8.32. The number of rotatable bonds is 9. The van der Waals surface area contributed by atoms with Gasteiger partial charge in [0.15, 0.2) is 6.61 Å². The summed E-state index contributed by atoms with van der Waals surface area (Å²) in [6.07, 6.45) is 0. The highest BCUT2D eigenvalue weighted by Gasteiger charge is 2.27. The standard InChI is InChI=1S/C25H24ClN5O7S2/c1-2-37-25(33)23-19(16-3-5-17(26)6-4-16)15-39-24(23)27-22(32)14-38-31-21-13-18(7-8-20(21)28-29-31)40(34,35)30-9-11-36-12-10-30/h3-8,13,15H,2,9-12,14H2,1H3,(H,27,32). The summed E-state index contributed by atoms with van der Waals surface area (Å²) in [4.78, 5) is 32.2. The van der Waals surface area contributed by atoms with Crippen LogP contribution in [0, 0.1) is 0 Å². The van der Waals surface area contributed by atoms with Crippen molar-refractivity contribution in [1.29, 1.82) is 0 Å². The molecule has 1 amide bonds. The molecule has 2 aromatic heterocycles. The second-order valence-corrected chi connectivity index (χ2v) is 11.8. The summed E-state index contributed by atoms with van der Waals surface area (Å²) in [5, 5.41) is 13.1. The minimum absolute atomic E-state index is 0.0471. The van der Waals surface area contributed by atoms with Gasteiger partial charge in [0.25, 0.3) is 5.91 Å². The molecule has 15 heteroatoms. The summed E-state index contributed by atoms with van der Waals surface area (Å²) in [6, 6.07) is 11.3. The van der Waals surface area contributed by atoms with Gasteiger partial charge in [0.2, 0.25) is 10.0 Å². The number of esters is 1. The first kappa shape index (κ1) is 28.0. The lowest BCUT2D eigenvalue weighted by molar-refractivity contribution is -0.121. The predicted octanol–water partition coefficient (Wildman–Crippen LogP) is 3.08. The molecule has 1 N–H and O–H groups in total. The van der Waals surface area contributed by atoms with Gasteiger partial charge in [-0.2, -0.15) is 4.31 Å². The summed E-state index contributed by atoms with van der Waals surface area (Å²) < 4.78 is 37.9. The van der Waals surface area contributed by atoms with Gasteiger partial charge in [-0.3, -0.25) is 4.79 Å². The van der Waals surface area contributed by atoms with E-state index in [1.54, 1.807) is 36.6 Å². The minimum atomic E-state index is -3.76. The molecule has 3 heterocycles. The molecular formula is C25H24ClN5O7S2. The average molecular weight is 606 g/mol. The third-order valence-corrected chi connectivity index (χ3v) is 9.03. The number of halogens is 1. The van der Waals surface area contributed by atoms with Crippen molar-refractivity contribution in [2.45, 2.75) is 11.8 Å². The third kappa shape index (κ3) is 5.81. The number of nitrogens with zero attached hydrogens (tertiary/aromatic N) is 4. The lowest BCUT2D eigenvalue weighted by atomic mass is 10.0. The van der Waals surface area contributed by atoms with E-state index in [4.69, 9.17) is 25.9 Å². The number of sulfonamides is 1. The van der Waals surface area contributed by atoms with Crippen LogP contribution in [0.2, 0.25) is 5.02 Å². The summed E-state index contributed by atoms with van der Waals surface area (Å²) >= 11 is 7.16. The number of ether oxygens (including phenoxy) is 2. The molecule has 2 aromatic carbocycles. The van der Waals surface area contributed by atoms with Crippen LogP contribution in [0.25, 0.3) is 22.2 Å². The zero-order valence-electron chi connectivity index (χ0n) is 21.2. The van der Waals surface area contributed by atoms with Crippen molar-refractivity contribution >= 4 is 60.9 Å². The Labute approximate surface area is 238 Å². The average Bonchev–Trinajstić information content (AvgIpc) is 3.56. The van der Waals surface area contributed by atoms with E-state index in [1.165, 1.54) is 33.8 Å². The van der Waals surface area contributed by atoms with Crippen LogP contribution >= 0.6 is 22.9 Å². The lowest BCUT2D eigenvalue weighted by Crippen LogP contribution is -2.40. The quantitative estimate of drug-likeness (QED) is 0.285. The Bertz CT molecular complexity index is 1650.